The molecule has 1 aromatic heterocycles. The number of benzene rings is 2. The van der Waals surface area contributed by atoms with Gasteiger partial charge in [-0.25, -0.2) is 0 Å². The highest BCUT2D eigenvalue weighted by Gasteiger charge is 2.25. The molecular formula is C24H24ClN3O. The summed E-state index contributed by atoms with van der Waals surface area (Å²) in [6, 6.07) is 20.1. The van der Waals surface area contributed by atoms with E-state index < -0.39 is 0 Å². The normalized spacial score (nSPS) is 14.8. The molecule has 1 atom stereocenters. The molecule has 1 amide bonds. The molecule has 0 fully saturated rings. The Morgan fingerprint density at radius 3 is 2.62 bits per heavy atom. The largest absolute Gasteiger partial charge is 0.354 e. The molecule has 5 heteroatoms. The third kappa shape index (κ3) is 5.03. The van der Waals surface area contributed by atoms with Crippen LogP contribution in [0.5, 0.6) is 0 Å². The van der Waals surface area contributed by atoms with E-state index in [0.717, 1.165) is 30.6 Å². The third-order valence-electron chi connectivity index (χ3n) is 5.44. The maximum absolute atomic E-state index is 12.5. The van der Waals surface area contributed by atoms with Gasteiger partial charge < -0.3 is 5.32 Å². The lowest BCUT2D eigenvalue weighted by atomic mass is 9.97. The molecule has 0 saturated carbocycles. The SMILES string of the molecule is O=C(Cc1ccc(Cl)cc1)NC[C@H](c1cccnc1)N1CCc2ccccc2C1. The van der Waals surface area contributed by atoms with Crippen LogP contribution in [0.25, 0.3) is 0 Å². The molecule has 0 spiro atoms. The number of aromatic nitrogens is 1. The fraction of sp³-hybridized carbons (Fsp3) is 0.250. The second-order valence-electron chi connectivity index (χ2n) is 7.40. The quantitative estimate of drug-likeness (QED) is 0.668. The van der Waals surface area contributed by atoms with Gasteiger partial charge in [-0.3, -0.25) is 14.7 Å². The van der Waals surface area contributed by atoms with Gasteiger partial charge in [-0.2, -0.15) is 0 Å². The van der Waals surface area contributed by atoms with Crippen molar-refractivity contribution in [1.82, 2.24) is 15.2 Å². The van der Waals surface area contributed by atoms with Crippen LogP contribution in [0.4, 0.5) is 0 Å². The van der Waals surface area contributed by atoms with Crippen molar-refractivity contribution in [1.29, 1.82) is 0 Å². The van der Waals surface area contributed by atoms with Crippen LogP contribution in [0.15, 0.2) is 73.1 Å². The monoisotopic (exact) mass is 405 g/mol. The number of nitrogens with zero attached hydrogens (tertiary/aromatic N) is 2. The van der Waals surface area contributed by atoms with Gasteiger partial charge in [-0.15, -0.1) is 0 Å². The molecule has 148 valence electrons. The maximum atomic E-state index is 12.5. The van der Waals surface area contributed by atoms with Crippen LogP contribution in [0.2, 0.25) is 5.02 Å². The van der Waals surface area contributed by atoms with Crippen LogP contribution < -0.4 is 5.32 Å². The number of nitrogens with one attached hydrogen (secondary N) is 1. The molecule has 1 N–H and O–H groups in total. The van der Waals surface area contributed by atoms with Gasteiger partial charge in [0.25, 0.3) is 0 Å². The first-order chi connectivity index (χ1) is 14.2. The summed E-state index contributed by atoms with van der Waals surface area (Å²) in [6.07, 6.45) is 5.05. The van der Waals surface area contributed by atoms with Gasteiger partial charge in [0.05, 0.1) is 12.5 Å². The Kier molecular flexibility index (Phi) is 6.23. The first-order valence-corrected chi connectivity index (χ1v) is 10.3. The highest BCUT2D eigenvalue weighted by molar-refractivity contribution is 6.30. The number of carbonyl (C=O) groups is 1. The number of fused-ring (bicyclic) bond motifs is 1. The summed E-state index contributed by atoms with van der Waals surface area (Å²) >= 11 is 5.93. The van der Waals surface area contributed by atoms with E-state index in [-0.39, 0.29) is 11.9 Å². The second kappa shape index (κ2) is 9.21. The maximum Gasteiger partial charge on any atom is 0.224 e. The zero-order valence-corrected chi connectivity index (χ0v) is 17.0. The number of pyridine rings is 1. The van der Waals surface area contributed by atoms with Crippen molar-refractivity contribution in [3.05, 3.63) is 100 Å². The fourth-order valence-corrected chi connectivity index (χ4v) is 4.00. The molecule has 0 radical (unpaired) electrons. The Bertz CT molecular complexity index is 959. The average Bonchev–Trinajstić information content (AvgIpc) is 2.76. The molecule has 0 bridgehead atoms. The standard InChI is InChI=1S/C24H24ClN3O/c25-22-9-7-18(8-10-22)14-24(29)27-16-23(20-6-3-12-26-15-20)28-13-11-19-4-1-2-5-21(19)17-28/h1-10,12,15,23H,11,13-14,16-17H2,(H,27,29)/t23-/m1/s1. The van der Waals surface area contributed by atoms with Crippen molar-refractivity contribution in [2.45, 2.75) is 25.4 Å². The van der Waals surface area contributed by atoms with E-state index in [0.29, 0.717) is 18.0 Å². The number of carbonyl (C=O) groups excluding carboxylic acids is 1. The lowest BCUT2D eigenvalue weighted by Crippen LogP contribution is -2.41. The van der Waals surface area contributed by atoms with Crippen molar-refractivity contribution >= 4 is 17.5 Å². The molecule has 3 aromatic rings. The molecule has 1 aliphatic rings. The van der Waals surface area contributed by atoms with E-state index in [1.165, 1.54) is 11.1 Å². The smallest absolute Gasteiger partial charge is 0.224 e. The van der Waals surface area contributed by atoms with Gasteiger partial charge in [-0.05, 0) is 46.9 Å². The summed E-state index contributed by atoms with van der Waals surface area (Å²) < 4.78 is 0. The van der Waals surface area contributed by atoms with Gasteiger partial charge in [0, 0.05) is 37.1 Å². The predicted molar refractivity (Wildman–Crippen MR) is 116 cm³/mol. The highest BCUT2D eigenvalue weighted by Crippen LogP contribution is 2.27. The van der Waals surface area contributed by atoms with Crippen LogP contribution in [0.3, 0.4) is 0 Å². The van der Waals surface area contributed by atoms with E-state index in [9.17, 15) is 4.79 Å². The first kappa shape index (κ1) is 19.6. The Morgan fingerprint density at radius 2 is 1.86 bits per heavy atom. The zero-order valence-electron chi connectivity index (χ0n) is 16.2. The summed E-state index contributed by atoms with van der Waals surface area (Å²) in [5, 5.41) is 3.80. The molecule has 0 saturated heterocycles. The van der Waals surface area contributed by atoms with Crippen molar-refractivity contribution < 1.29 is 4.79 Å². The number of amides is 1. The van der Waals surface area contributed by atoms with Gasteiger partial charge in [0.2, 0.25) is 5.91 Å². The minimum atomic E-state index is 0.0126. The molecule has 2 aromatic carbocycles. The number of rotatable bonds is 6. The lowest BCUT2D eigenvalue weighted by molar-refractivity contribution is -0.120. The Hall–Kier alpha value is -2.69. The molecule has 2 heterocycles. The van der Waals surface area contributed by atoms with Crippen molar-refractivity contribution in [2.24, 2.45) is 0 Å². The summed E-state index contributed by atoms with van der Waals surface area (Å²) in [6.45, 7) is 2.40. The van der Waals surface area contributed by atoms with Crippen molar-refractivity contribution in [3.8, 4) is 0 Å². The highest BCUT2D eigenvalue weighted by atomic mass is 35.5. The number of halogens is 1. The number of hydrogen-bond donors (Lipinski definition) is 1. The van der Waals surface area contributed by atoms with Crippen LogP contribution in [-0.4, -0.2) is 28.9 Å². The number of hydrogen-bond acceptors (Lipinski definition) is 3. The van der Waals surface area contributed by atoms with Crippen LogP contribution in [0.1, 0.15) is 28.3 Å². The van der Waals surface area contributed by atoms with Gasteiger partial charge >= 0.3 is 0 Å². The minimum Gasteiger partial charge on any atom is -0.354 e. The van der Waals surface area contributed by atoms with Gasteiger partial charge in [-0.1, -0.05) is 54.1 Å². The predicted octanol–water partition coefficient (Wildman–Crippen LogP) is 4.19. The topological polar surface area (TPSA) is 45.2 Å². The van der Waals surface area contributed by atoms with E-state index >= 15 is 0 Å². The van der Waals surface area contributed by atoms with Crippen LogP contribution in [-0.2, 0) is 24.2 Å². The Labute approximate surface area is 176 Å². The molecule has 0 unspecified atom stereocenters. The Balaban J connectivity index is 1.45. The second-order valence-corrected chi connectivity index (χ2v) is 7.84. The molecule has 4 nitrogen and oxygen atoms in total. The van der Waals surface area contributed by atoms with Gasteiger partial charge in [0.15, 0.2) is 0 Å². The summed E-state index contributed by atoms with van der Waals surface area (Å²) in [5.41, 5.74) is 4.86. The zero-order chi connectivity index (χ0) is 20.1. The van der Waals surface area contributed by atoms with Crippen molar-refractivity contribution in [3.63, 3.8) is 0 Å². The Morgan fingerprint density at radius 1 is 1.07 bits per heavy atom. The molecular weight excluding hydrogens is 382 g/mol. The average molecular weight is 406 g/mol. The van der Waals surface area contributed by atoms with E-state index in [1.54, 1.807) is 6.20 Å². The summed E-state index contributed by atoms with van der Waals surface area (Å²) in [4.78, 5) is 19.3. The van der Waals surface area contributed by atoms with Crippen LogP contribution >= 0.6 is 11.6 Å². The molecule has 4 rings (SSSR count). The van der Waals surface area contributed by atoms with E-state index in [2.05, 4.69) is 45.5 Å². The van der Waals surface area contributed by atoms with Crippen LogP contribution in [0, 0.1) is 0 Å². The molecule has 0 aliphatic carbocycles. The van der Waals surface area contributed by atoms with Crippen molar-refractivity contribution in [2.75, 3.05) is 13.1 Å². The fourth-order valence-electron chi connectivity index (χ4n) is 3.88. The van der Waals surface area contributed by atoms with Gasteiger partial charge in [0.1, 0.15) is 0 Å². The summed E-state index contributed by atoms with van der Waals surface area (Å²) in [7, 11) is 0. The third-order valence-corrected chi connectivity index (χ3v) is 5.69. The molecule has 1 aliphatic heterocycles. The van der Waals surface area contributed by atoms with E-state index in [1.807, 2.05) is 36.5 Å². The van der Waals surface area contributed by atoms with E-state index in [4.69, 9.17) is 11.6 Å². The minimum absolute atomic E-state index is 0.0126. The first-order valence-electron chi connectivity index (χ1n) is 9.91. The lowest BCUT2D eigenvalue weighted by Gasteiger charge is -2.36. The molecule has 29 heavy (non-hydrogen) atoms. The summed E-state index contributed by atoms with van der Waals surface area (Å²) in [5.74, 6) is 0.0126.